The minimum absolute atomic E-state index is 0.142. The van der Waals surface area contributed by atoms with E-state index in [9.17, 15) is 13.2 Å². The largest absolute Gasteiger partial charge is 0.464 e. The molecular weight excluding hydrogens is 587 g/mol. The van der Waals surface area contributed by atoms with Gasteiger partial charge in [-0.2, -0.15) is 0 Å². The summed E-state index contributed by atoms with van der Waals surface area (Å²) in [6.45, 7) is 1.64. The van der Waals surface area contributed by atoms with Crippen LogP contribution in [-0.4, -0.2) is 51.6 Å². The van der Waals surface area contributed by atoms with Crippen molar-refractivity contribution in [3.05, 3.63) is 83.5 Å². The minimum Gasteiger partial charge on any atom is -0.464 e. The number of aromatic nitrogens is 5. The van der Waals surface area contributed by atoms with Crippen LogP contribution in [0.1, 0.15) is 19.8 Å². The monoisotopic (exact) mass is 612 g/mol. The van der Waals surface area contributed by atoms with E-state index in [0.717, 1.165) is 21.6 Å². The van der Waals surface area contributed by atoms with Gasteiger partial charge in [0.1, 0.15) is 24.4 Å². The highest BCUT2D eigenvalue weighted by Gasteiger charge is 2.29. The number of benzene rings is 2. The molecule has 5 rings (SSSR count). The lowest BCUT2D eigenvalue weighted by Gasteiger charge is -2.24. The maximum atomic E-state index is 13.8. The van der Waals surface area contributed by atoms with Gasteiger partial charge in [-0.1, -0.05) is 36.5 Å². The summed E-state index contributed by atoms with van der Waals surface area (Å²) in [5, 5.41) is 1.04. The fourth-order valence-electron chi connectivity index (χ4n) is 4.31. The van der Waals surface area contributed by atoms with E-state index >= 15 is 0 Å². The minimum atomic E-state index is -4.25. The number of fused-ring (bicyclic) bond motifs is 1. The number of hydrogen-bond acceptors (Lipinski definition) is 7. The molecule has 3 aromatic heterocycles. The molecule has 0 bridgehead atoms. The Balaban J connectivity index is 1.54. The summed E-state index contributed by atoms with van der Waals surface area (Å²) in [6.07, 6.45) is 8.33. The van der Waals surface area contributed by atoms with Crippen LogP contribution in [0.4, 0.5) is 5.69 Å². The number of ether oxygens (including phenoxy) is 1. The predicted molar refractivity (Wildman–Crippen MR) is 158 cm³/mol. The van der Waals surface area contributed by atoms with Gasteiger partial charge >= 0.3 is 5.97 Å². The Bertz CT molecular complexity index is 1820. The highest BCUT2D eigenvalue weighted by molar-refractivity contribution is 7.92. The zero-order valence-electron chi connectivity index (χ0n) is 22.2. The van der Waals surface area contributed by atoms with Crippen LogP contribution >= 0.6 is 23.2 Å². The third-order valence-corrected chi connectivity index (χ3v) is 8.56. The van der Waals surface area contributed by atoms with Crippen LogP contribution < -0.4 is 4.31 Å². The first-order valence-electron chi connectivity index (χ1n) is 12.7. The molecule has 3 heterocycles. The summed E-state index contributed by atoms with van der Waals surface area (Å²) < 4.78 is 37.6. The van der Waals surface area contributed by atoms with Crippen molar-refractivity contribution >= 4 is 55.8 Å². The van der Waals surface area contributed by atoms with Crippen molar-refractivity contribution in [2.24, 2.45) is 7.05 Å². The van der Waals surface area contributed by atoms with E-state index in [0.29, 0.717) is 23.8 Å². The lowest BCUT2D eigenvalue weighted by atomic mass is 10.2. The van der Waals surface area contributed by atoms with Crippen molar-refractivity contribution in [2.45, 2.75) is 24.7 Å². The lowest BCUT2D eigenvalue weighted by molar-refractivity contribution is -0.141. The Morgan fingerprint density at radius 1 is 1.00 bits per heavy atom. The summed E-state index contributed by atoms with van der Waals surface area (Å²) in [4.78, 5) is 25.7. The van der Waals surface area contributed by atoms with Crippen molar-refractivity contribution in [2.75, 3.05) is 17.5 Å². The quantitative estimate of drug-likeness (QED) is 0.147. The van der Waals surface area contributed by atoms with Gasteiger partial charge in [0.2, 0.25) is 0 Å². The maximum absolute atomic E-state index is 13.8. The molecule has 5 aromatic rings. The van der Waals surface area contributed by atoms with Crippen LogP contribution in [0.25, 0.3) is 28.2 Å². The van der Waals surface area contributed by atoms with Crippen LogP contribution in [0, 0.1) is 0 Å². The fourth-order valence-corrected chi connectivity index (χ4v) is 6.44. The maximum Gasteiger partial charge on any atom is 0.326 e. The van der Waals surface area contributed by atoms with Gasteiger partial charge in [-0.15, -0.1) is 0 Å². The molecule has 212 valence electrons. The van der Waals surface area contributed by atoms with E-state index in [1.54, 1.807) is 24.4 Å². The summed E-state index contributed by atoms with van der Waals surface area (Å²) >= 11 is 12.2. The number of imidazole rings is 1. The Morgan fingerprint density at radius 3 is 2.49 bits per heavy atom. The Morgan fingerprint density at radius 2 is 1.78 bits per heavy atom. The number of nitrogens with zero attached hydrogens (tertiary/aromatic N) is 6. The molecule has 0 fully saturated rings. The second kappa shape index (κ2) is 11.9. The topological polar surface area (TPSA) is 112 Å². The fraction of sp³-hybridized carbons (Fsp3) is 0.214. The number of hydrogen-bond donors (Lipinski definition) is 0. The van der Waals surface area contributed by atoms with E-state index in [1.165, 1.54) is 24.5 Å². The predicted octanol–water partition coefficient (Wildman–Crippen LogP) is 5.67. The number of carbonyl (C=O) groups excluding carboxylic acids is 1. The van der Waals surface area contributed by atoms with Crippen molar-refractivity contribution in [3.63, 3.8) is 0 Å². The highest BCUT2D eigenvalue weighted by Crippen LogP contribution is 2.31. The van der Waals surface area contributed by atoms with Gasteiger partial charge in [0, 0.05) is 47.1 Å². The van der Waals surface area contributed by atoms with Crippen molar-refractivity contribution < 1.29 is 17.9 Å². The Hall–Kier alpha value is -3.93. The molecule has 0 atom stereocenters. The third kappa shape index (κ3) is 6.07. The molecule has 0 aliphatic heterocycles. The van der Waals surface area contributed by atoms with E-state index in [2.05, 4.69) is 15.0 Å². The molecule has 0 saturated carbocycles. The second-order valence-electron chi connectivity index (χ2n) is 9.24. The first-order valence-corrected chi connectivity index (χ1v) is 14.9. The Kier molecular flexibility index (Phi) is 8.30. The number of carbonyl (C=O) groups is 1. The van der Waals surface area contributed by atoms with Gasteiger partial charge in [-0.3, -0.25) is 9.10 Å². The van der Waals surface area contributed by atoms with E-state index in [1.807, 2.05) is 47.6 Å². The van der Waals surface area contributed by atoms with Crippen molar-refractivity contribution in [1.82, 2.24) is 24.1 Å². The number of rotatable bonds is 10. The molecule has 0 radical (unpaired) electrons. The third-order valence-electron chi connectivity index (χ3n) is 6.37. The Labute approximate surface area is 247 Å². The average molecular weight is 614 g/mol. The SMILES string of the molecule is CCCCOC(=O)CN(c1ccc2c(ccn2-c2cc(-c3nccn3C)ncn2)c1)S(=O)(=O)c1cc(Cl)cc(Cl)c1. The van der Waals surface area contributed by atoms with E-state index < -0.39 is 22.5 Å². The number of esters is 1. The summed E-state index contributed by atoms with van der Waals surface area (Å²) in [6, 6.07) is 12.8. The summed E-state index contributed by atoms with van der Waals surface area (Å²) in [5.74, 6) is 0.633. The number of unbranched alkanes of at least 4 members (excludes halogenated alkanes) is 1. The van der Waals surface area contributed by atoms with Gasteiger partial charge < -0.3 is 13.9 Å². The molecule has 0 unspecified atom stereocenters. The summed E-state index contributed by atoms with van der Waals surface area (Å²) in [5.41, 5.74) is 1.70. The van der Waals surface area contributed by atoms with Crippen LogP contribution in [0.5, 0.6) is 0 Å². The molecule has 0 aliphatic carbocycles. The molecule has 13 heteroatoms. The molecular formula is C28H26Cl2N6O4S. The summed E-state index contributed by atoms with van der Waals surface area (Å²) in [7, 11) is -2.36. The normalized spacial score (nSPS) is 11.6. The zero-order valence-corrected chi connectivity index (χ0v) is 24.6. The van der Waals surface area contributed by atoms with Gasteiger partial charge in [-0.05, 0) is 48.9 Å². The first kappa shape index (κ1) is 28.6. The van der Waals surface area contributed by atoms with Crippen LogP contribution in [0.3, 0.4) is 0 Å². The molecule has 0 saturated heterocycles. The standard InChI is InChI=1S/C28H26Cl2N6O4S/c1-3-4-11-40-27(37)17-36(41(38,39)23-14-20(29)13-21(30)15-23)22-5-6-25-19(12-22)7-9-35(25)26-16-24(32-18-33-26)28-31-8-10-34(28)2/h5-10,12-16,18H,3-4,11,17H2,1-2H3. The van der Waals surface area contributed by atoms with Gasteiger partial charge in [0.05, 0.1) is 22.7 Å². The number of halogens is 2. The van der Waals surface area contributed by atoms with Crippen molar-refractivity contribution in [3.8, 4) is 17.3 Å². The number of aryl methyl sites for hydroxylation is 1. The van der Waals surface area contributed by atoms with Gasteiger partial charge in [-0.25, -0.2) is 23.4 Å². The average Bonchev–Trinajstić information content (AvgIpc) is 3.57. The molecule has 0 spiro atoms. The van der Waals surface area contributed by atoms with E-state index in [4.69, 9.17) is 27.9 Å². The molecule has 0 N–H and O–H groups in total. The zero-order chi connectivity index (χ0) is 29.1. The van der Waals surface area contributed by atoms with Crippen LogP contribution in [0.15, 0.2) is 78.3 Å². The van der Waals surface area contributed by atoms with Crippen molar-refractivity contribution in [1.29, 1.82) is 0 Å². The highest BCUT2D eigenvalue weighted by atomic mass is 35.5. The molecule has 10 nitrogen and oxygen atoms in total. The molecule has 0 amide bonds. The van der Waals surface area contributed by atoms with Crippen LogP contribution in [0.2, 0.25) is 10.0 Å². The molecule has 0 aliphatic rings. The lowest BCUT2D eigenvalue weighted by Crippen LogP contribution is -2.36. The first-order chi connectivity index (χ1) is 19.7. The van der Waals surface area contributed by atoms with E-state index in [-0.39, 0.29) is 27.2 Å². The number of sulfonamides is 1. The van der Waals surface area contributed by atoms with Crippen LogP contribution in [-0.2, 0) is 26.6 Å². The second-order valence-corrected chi connectivity index (χ2v) is 12.0. The van der Waals surface area contributed by atoms with Gasteiger partial charge in [0.15, 0.2) is 5.82 Å². The number of anilines is 1. The van der Waals surface area contributed by atoms with Gasteiger partial charge in [0.25, 0.3) is 10.0 Å². The molecule has 2 aromatic carbocycles. The smallest absolute Gasteiger partial charge is 0.326 e. The molecule has 41 heavy (non-hydrogen) atoms.